The number of amides is 1. The lowest BCUT2D eigenvalue weighted by Crippen LogP contribution is -2.35. The number of benzene rings is 1. The maximum atomic E-state index is 12.6. The molecule has 5 heteroatoms. The third-order valence-corrected chi connectivity index (χ3v) is 5.14. The van der Waals surface area contributed by atoms with Crippen LogP contribution in [0.25, 0.3) is 10.1 Å². The van der Waals surface area contributed by atoms with E-state index in [2.05, 4.69) is 0 Å². The minimum atomic E-state index is 0.0132. The average molecular weight is 304 g/mol. The molecule has 0 aliphatic carbocycles. The van der Waals surface area contributed by atoms with Crippen LogP contribution in [0.4, 0.5) is 5.69 Å². The number of nitrogen functional groups attached to an aromatic ring is 1. The van der Waals surface area contributed by atoms with Crippen molar-refractivity contribution in [1.29, 1.82) is 0 Å². The Bertz CT molecular complexity index is 647. The third kappa shape index (κ3) is 2.89. The molecule has 2 aromatic rings. The van der Waals surface area contributed by atoms with Gasteiger partial charge in [0.1, 0.15) is 4.88 Å². The highest BCUT2D eigenvalue weighted by Crippen LogP contribution is 2.34. The summed E-state index contributed by atoms with van der Waals surface area (Å²) in [4.78, 5) is 15.1. The molecule has 4 nitrogen and oxygen atoms in total. The van der Waals surface area contributed by atoms with Gasteiger partial charge in [-0.1, -0.05) is 18.2 Å². The molecule has 0 bridgehead atoms. The van der Waals surface area contributed by atoms with Gasteiger partial charge in [-0.15, -0.1) is 11.3 Å². The second kappa shape index (κ2) is 6.03. The Hall–Kier alpha value is -1.59. The van der Waals surface area contributed by atoms with Gasteiger partial charge in [0.2, 0.25) is 0 Å². The topological polar surface area (TPSA) is 55.6 Å². The number of carbonyl (C=O) groups is 1. The number of ether oxygens (including phenoxy) is 1. The summed E-state index contributed by atoms with van der Waals surface area (Å²) in [6, 6.07) is 7.88. The van der Waals surface area contributed by atoms with Crippen molar-refractivity contribution in [3.8, 4) is 0 Å². The molecule has 1 saturated heterocycles. The van der Waals surface area contributed by atoms with Crippen molar-refractivity contribution < 1.29 is 9.53 Å². The van der Waals surface area contributed by atoms with Crippen LogP contribution in [0.3, 0.4) is 0 Å². The molecule has 0 saturated carbocycles. The van der Waals surface area contributed by atoms with E-state index in [1.54, 1.807) is 4.90 Å². The quantitative estimate of drug-likeness (QED) is 0.948. The molecule has 112 valence electrons. The molecule has 3 rings (SSSR count). The molecule has 1 atom stereocenters. The highest BCUT2D eigenvalue weighted by Gasteiger charge is 2.23. The first-order valence-corrected chi connectivity index (χ1v) is 8.08. The van der Waals surface area contributed by atoms with Crippen molar-refractivity contribution in [2.24, 2.45) is 5.92 Å². The fourth-order valence-corrected chi connectivity index (χ4v) is 3.94. The van der Waals surface area contributed by atoms with E-state index in [4.69, 9.17) is 10.5 Å². The molecule has 1 unspecified atom stereocenters. The first-order valence-electron chi connectivity index (χ1n) is 7.27. The highest BCUT2D eigenvalue weighted by molar-refractivity contribution is 7.21. The number of fused-ring (bicyclic) bond motifs is 1. The molecule has 1 aliphatic rings. The number of rotatable bonds is 3. The van der Waals surface area contributed by atoms with Gasteiger partial charge in [0.05, 0.1) is 12.3 Å². The lowest BCUT2D eigenvalue weighted by molar-refractivity contribution is 0.0390. The van der Waals surface area contributed by atoms with Crippen molar-refractivity contribution in [3.05, 3.63) is 29.1 Å². The molecule has 1 aromatic heterocycles. The Labute approximate surface area is 128 Å². The molecule has 1 amide bonds. The number of carbonyl (C=O) groups excluding carboxylic acids is 1. The van der Waals surface area contributed by atoms with E-state index >= 15 is 0 Å². The largest absolute Gasteiger partial charge is 0.397 e. The molecule has 1 fully saturated rings. The van der Waals surface area contributed by atoms with Crippen LogP contribution in [0.15, 0.2) is 24.3 Å². The van der Waals surface area contributed by atoms with E-state index in [0.717, 1.165) is 42.7 Å². The zero-order valence-corrected chi connectivity index (χ0v) is 13.0. The maximum Gasteiger partial charge on any atom is 0.265 e. The SMILES string of the molecule is CN(CC1CCCOC1)C(=O)c1sc2ccccc2c1N. The molecule has 21 heavy (non-hydrogen) atoms. The summed E-state index contributed by atoms with van der Waals surface area (Å²) < 4.78 is 6.54. The van der Waals surface area contributed by atoms with Crippen molar-refractivity contribution in [2.45, 2.75) is 12.8 Å². The van der Waals surface area contributed by atoms with Gasteiger partial charge in [0, 0.05) is 30.3 Å². The molecular weight excluding hydrogens is 284 g/mol. The van der Waals surface area contributed by atoms with E-state index in [9.17, 15) is 4.79 Å². The summed E-state index contributed by atoms with van der Waals surface area (Å²) in [6.45, 7) is 2.32. The van der Waals surface area contributed by atoms with Crippen molar-refractivity contribution >= 4 is 33.0 Å². The Morgan fingerprint density at radius 3 is 3.00 bits per heavy atom. The van der Waals surface area contributed by atoms with E-state index < -0.39 is 0 Å². The normalized spacial score (nSPS) is 18.8. The van der Waals surface area contributed by atoms with E-state index in [0.29, 0.717) is 16.5 Å². The smallest absolute Gasteiger partial charge is 0.265 e. The first kappa shape index (κ1) is 14.4. The summed E-state index contributed by atoms with van der Waals surface area (Å²) in [7, 11) is 1.85. The Kier molecular flexibility index (Phi) is 4.12. The molecular formula is C16H20N2O2S. The van der Waals surface area contributed by atoms with Crippen LogP contribution < -0.4 is 5.73 Å². The van der Waals surface area contributed by atoms with Crippen molar-refractivity contribution in [3.63, 3.8) is 0 Å². The van der Waals surface area contributed by atoms with Gasteiger partial charge in [-0.05, 0) is 24.8 Å². The molecule has 1 aliphatic heterocycles. The van der Waals surface area contributed by atoms with Crippen LogP contribution in [0.5, 0.6) is 0 Å². The zero-order chi connectivity index (χ0) is 14.8. The lowest BCUT2D eigenvalue weighted by atomic mass is 10.0. The predicted molar refractivity (Wildman–Crippen MR) is 86.7 cm³/mol. The van der Waals surface area contributed by atoms with Crippen LogP contribution in [-0.4, -0.2) is 37.6 Å². The van der Waals surface area contributed by atoms with Crippen LogP contribution in [0.1, 0.15) is 22.5 Å². The van der Waals surface area contributed by atoms with Crippen LogP contribution in [0, 0.1) is 5.92 Å². The Balaban J connectivity index is 1.77. The summed E-state index contributed by atoms with van der Waals surface area (Å²) in [5, 5.41) is 0.972. The average Bonchev–Trinajstić information content (AvgIpc) is 2.85. The van der Waals surface area contributed by atoms with Gasteiger partial charge >= 0.3 is 0 Å². The predicted octanol–water partition coefficient (Wildman–Crippen LogP) is 2.98. The molecule has 1 aromatic carbocycles. The number of anilines is 1. The highest BCUT2D eigenvalue weighted by atomic mass is 32.1. The van der Waals surface area contributed by atoms with Gasteiger partial charge in [0.15, 0.2) is 0 Å². The lowest BCUT2D eigenvalue weighted by Gasteiger charge is -2.27. The first-order chi connectivity index (χ1) is 10.2. The summed E-state index contributed by atoms with van der Waals surface area (Å²) >= 11 is 1.47. The molecule has 2 heterocycles. The third-order valence-electron chi connectivity index (χ3n) is 3.96. The van der Waals surface area contributed by atoms with Crippen molar-refractivity contribution in [1.82, 2.24) is 4.90 Å². The molecule has 0 radical (unpaired) electrons. The van der Waals surface area contributed by atoms with Crippen LogP contribution in [0.2, 0.25) is 0 Å². The minimum absolute atomic E-state index is 0.0132. The number of hydrogen-bond donors (Lipinski definition) is 1. The van der Waals surface area contributed by atoms with Gasteiger partial charge in [-0.2, -0.15) is 0 Å². The maximum absolute atomic E-state index is 12.6. The van der Waals surface area contributed by atoms with E-state index in [1.165, 1.54) is 11.3 Å². The van der Waals surface area contributed by atoms with Crippen LogP contribution in [-0.2, 0) is 4.74 Å². The summed E-state index contributed by atoms with van der Waals surface area (Å²) in [5.41, 5.74) is 6.75. The second-order valence-corrected chi connectivity index (χ2v) is 6.66. The van der Waals surface area contributed by atoms with E-state index in [-0.39, 0.29) is 5.91 Å². The standard InChI is InChI=1S/C16H20N2O2S/c1-18(9-11-5-4-8-20-10-11)16(19)15-14(17)12-6-2-3-7-13(12)21-15/h2-3,6-7,11H,4-5,8-10,17H2,1H3. The monoisotopic (exact) mass is 304 g/mol. The van der Waals surface area contributed by atoms with Crippen molar-refractivity contribution in [2.75, 3.05) is 32.5 Å². The van der Waals surface area contributed by atoms with E-state index in [1.807, 2.05) is 31.3 Å². The zero-order valence-electron chi connectivity index (χ0n) is 12.2. The minimum Gasteiger partial charge on any atom is -0.397 e. The summed E-state index contributed by atoms with van der Waals surface area (Å²) in [5.74, 6) is 0.447. The van der Waals surface area contributed by atoms with Gasteiger partial charge in [0.25, 0.3) is 5.91 Å². The van der Waals surface area contributed by atoms with Gasteiger partial charge in [-0.3, -0.25) is 4.79 Å². The van der Waals surface area contributed by atoms with Crippen LogP contribution >= 0.6 is 11.3 Å². The fourth-order valence-electron chi connectivity index (χ4n) is 2.82. The number of nitrogens with zero attached hydrogens (tertiary/aromatic N) is 1. The number of thiophene rings is 1. The number of hydrogen-bond acceptors (Lipinski definition) is 4. The molecule has 2 N–H and O–H groups in total. The van der Waals surface area contributed by atoms with Gasteiger partial charge < -0.3 is 15.4 Å². The Morgan fingerprint density at radius 1 is 1.48 bits per heavy atom. The Morgan fingerprint density at radius 2 is 2.29 bits per heavy atom. The second-order valence-electron chi connectivity index (χ2n) is 5.61. The number of nitrogens with two attached hydrogens (primary N) is 1. The summed E-state index contributed by atoms with van der Waals surface area (Å²) in [6.07, 6.45) is 2.21. The van der Waals surface area contributed by atoms with Gasteiger partial charge in [-0.25, -0.2) is 0 Å². The molecule has 0 spiro atoms. The fraction of sp³-hybridized carbons (Fsp3) is 0.438.